The molecule has 0 amide bonds. The van der Waals surface area contributed by atoms with Crippen LogP contribution in [0.15, 0.2) is 30.6 Å². The molecule has 3 unspecified atom stereocenters. The fourth-order valence-electron chi connectivity index (χ4n) is 6.80. The van der Waals surface area contributed by atoms with Crippen molar-refractivity contribution in [3.05, 3.63) is 47.4 Å². The van der Waals surface area contributed by atoms with Crippen molar-refractivity contribution in [1.29, 1.82) is 0 Å². The molecule has 8 rings (SSSR count). The lowest BCUT2D eigenvalue weighted by Gasteiger charge is -2.51. The lowest BCUT2D eigenvalue weighted by Crippen LogP contribution is -2.63. The van der Waals surface area contributed by atoms with Crippen molar-refractivity contribution in [2.45, 2.75) is 69.0 Å². The number of aliphatic hydroxyl groups is 1. The average molecular weight is 478 g/mol. The Morgan fingerprint density at radius 1 is 1.20 bits per heavy atom. The molecule has 4 aliphatic heterocycles. The number of aromatic nitrogens is 4. The summed E-state index contributed by atoms with van der Waals surface area (Å²) in [6.07, 6.45) is 6.16. The van der Waals surface area contributed by atoms with Crippen LogP contribution in [0.2, 0.25) is 0 Å². The van der Waals surface area contributed by atoms with E-state index in [1.807, 2.05) is 43.1 Å². The number of hydrogen-bond acceptors (Lipinski definition) is 8. The summed E-state index contributed by atoms with van der Waals surface area (Å²) in [6.45, 7) is 7.41. The molecule has 2 bridgehead atoms. The summed E-state index contributed by atoms with van der Waals surface area (Å²) >= 11 is 0. The van der Waals surface area contributed by atoms with Crippen LogP contribution in [0.1, 0.15) is 49.6 Å². The highest BCUT2D eigenvalue weighted by Crippen LogP contribution is 2.59. The third-order valence-electron chi connectivity index (χ3n) is 8.53. The summed E-state index contributed by atoms with van der Waals surface area (Å²) in [7, 11) is 0. The molecule has 9 nitrogen and oxygen atoms in total. The number of ether oxygens (including phenoxy) is 3. The number of fused-ring (bicyclic) bond motifs is 3. The van der Waals surface area contributed by atoms with Crippen molar-refractivity contribution >= 4 is 10.9 Å². The van der Waals surface area contributed by atoms with E-state index < -0.39 is 6.10 Å². The van der Waals surface area contributed by atoms with Gasteiger partial charge in [0.1, 0.15) is 17.5 Å². The summed E-state index contributed by atoms with van der Waals surface area (Å²) < 4.78 is 19.8. The van der Waals surface area contributed by atoms with Crippen molar-refractivity contribution in [2.75, 3.05) is 26.4 Å². The first-order chi connectivity index (χ1) is 17.0. The van der Waals surface area contributed by atoms with E-state index in [0.29, 0.717) is 13.2 Å². The van der Waals surface area contributed by atoms with Gasteiger partial charge in [0.25, 0.3) is 0 Å². The second kappa shape index (κ2) is 7.70. The second-order valence-electron chi connectivity index (χ2n) is 10.8. The number of nitrogens with zero attached hydrogens (tertiary/aromatic N) is 5. The summed E-state index contributed by atoms with van der Waals surface area (Å²) in [4.78, 5) is 7.04. The molecule has 184 valence electrons. The molecule has 3 atom stereocenters. The van der Waals surface area contributed by atoms with Gasteiger partial charge in [0.2, 0.25) is 0 Å². The Bertz CT molecular complexity index is 1280. The molecular weight excluding hydrogens is 446 g/mol. The standard InChI is InChI=1S/C26H31N5O4/c1-16(32)24-11-34-15-26-12-25(13-26,14-30(24)26)31-9-23(28-29-31)17(2)35-19-3-4-22-21(7-19)20-5-6-33-10-18(20)8-27-22/h3-4,7-9,16-17,24,32H,5-6,10-15H2,1-2H3. The minimum Gasteiger partial charge on any atom is -0.484 e. The van der Waals surface area contributed by atoms with Crippen molar-refractivity contribution in [3.63, 3.8) is 0 Å². The Balaban J connectivity index is 1.11. The molecule has 3 aromatic rings. The van der Waals surface area contributed by atoms with Crippen LogP contribution in [0.4, 0.5) is 0 Å². The number of morpholine rings is 1. The van der Waals surface area contributed by atoms with Crippen molar-refractivity contribution < 1.29 is 19.3 Å². The Morgan fingerprint density at radius 2 is 2.09 bits per heavy atom. The van der Waals surface area contributed by atoms with Gasteiger partial charge >= 0.3 is 0 Å². The lowest BCUT2D eigenvalue weighted by atomic mass is 9.67. The minimum absolute atomic E-state index is 0.0252. The third-order valence-corrected chi connectivity index (χ3v) is 8.53. The third kappa shape index (κ3) is 3.25. The number of pyridine rings is 1. The van der Waals surface area contributed by atoms with Crippen molar-refractivity contribution in [3.8, 4) is 5.75 Å². The zero-order valence-electron chi connectivity index (χ0n) is 20.2. The van der Waals surface area contributed by atoms with Crippen LogP contribution in [-0.2, 0) is 28.0 Å². The number of aliphatic hydroxyl groups excluding tert-OH is 1. The van der Waals surface area contributed by atoms with Gasteiger partial charge in [-0.05, 0) is 62.4 Å². The first-order valence-electron chi connectivity index (χ1n) is 12.6. The molecule has 0 radical (unpaired) electrons. The second-order valence-corrected chi connectivity index (χ2v) is 10.8. The lowest BCUT2D eigenvalue weighted by molar-refractivity contribution is -0.125. The first-order valence-corrected chi connectivity index (χ1v) is 12.6. The van der Waals surface area contributed by atoms with Gasteiger partial charge in [-0.15, -0.1) is 5.10 Å². The van der Waals surface area contributed by atoms with Crippen LogP contribution in [0, 0.1) is 0 Å². The van der Waals surface area contributed by atoms with Crippen LogP contribution in [0.25, 0.3) is 10.9 Å². The molecule has 5 aliphatic rings. The molecule has 2 aromatic heterocycles. The predicted octanol–water partition coefficient (Wildman–Crippen LogP) is 2.36. The molecule has 3 saturated heterocycles. The maximum atomic E-state index is 10.3. The van der Waals surface area contributed by atoms with E-state index in [1.165, 1.54) is 5.56 Å². The number of hydrogen-bond donors (Lipinski definition) is 1. The molecule has 1 aromatic carbocycles. The molecular formula is C26H31N5O4. The maximum Gasteiger partial charge on any atom is 0.141 e. The monoisotopic (exact) mass is 477 g/mol. The van der Waals surface area contributed by atoms with Crippen LogP contribution in [-0.4, -0.2) is 74.0 Å². The molecule has 1 spiro atoms. The molecule has 35 heavy (non-hydrogen) atoms. The minimum atomic E-state index is -0.418. The van der Waals surface area contributed by atoms with Crippen molar-refractivity contribution in [2.24, 2.45) is 0 Å². The van der Waals surface area contributed by atoms with E-state index in [1.54, 1.807) is 0 Å². The highest BCUT2D eigenvalue weighted by molar-refractivity contribution is 5.84. The Labute approximate surface area is 204 Å². The average Bonchev–Trinajstić information content (AvgIpc) is 3.55. The van der Waals surface area contributed by atoms with Crippen LogP contribution >= 0.6 is 0 Å². The quantitative estimate of drug-likeness (QED) is 0.599. The molecule has 1 aliphatic carbocycles. The van der Waals surface area contributed by atoms with Gasteiger partial charge in [0.05, 0.1) is 55.8 Å². The highest BCUT2D eigenvalue weighted by atomic mass is 16.5. The van der Waals surface area contributed by atoms with Gasteiger partial charge in [0, 0.05) is 23.7 Å². The Morgan fingerprint density at radius 3 is 2.94 bits per heavy atom. The topological polar surface area (TPSA) is 94.8 Å². The fourth-order valence-corrected chi connectivity index (χ4v) is 6.80. The summed E-state index contributed by atoms with van der Waals surface area (Å²) in [5.41, 5.74) is 4.20. The summed E-state index contributed by atoms with van der Waals surface area (Å²) in [6, 6.07) is 6.12. The zero-order chi connectivity index (χ0) is 23.8. The van der Waals surface area contributed by atoms with Crippen LogP contribution < -0.4 is 4.74 Å². The van der Waals surface area contributed by atoms with Gasteiger partial charge in [-0.25, -0.2) is 4.68 Å². The van der Waals surface area contributed by atoms with E-state index in [4.69, 9.17) is 14.2 Å². The molecule has 6 heterocycles. The molecule has 4 fully saturated rings. The van der Waals surface area contributed by atoms with Gasteiger partial charge in [0.15, 0.2) is 0 Å². The Kier molecular flexibility index (Phi) is 4.77. The van der Waals surface area contributed by atoms with E-state index >= 15 is 0 Å². The summed E-state index contributed by atoms with van der Waals surface area (Å²) in [5, 5.41) is 20.4. The van der Waals surface area contributed by atoms with Crippen LogP contribution in [0.3, 0.4) is 0 Å². The molecule has 1 N–H and O–H groups in total. The van der Waals surface area contributed by atoms with E-state index in [-0.39, 0.29) is 23.2 Å². The van der Waals surface area contributed by atoms with E-state index in [9.17, 15) is 5.11 Å². The van der Waals surface area contributed by atoms with E-state index in [2.05, 4.69) is 26.3 Å². The first kappa shape index (κ1) is 21.7. The number of benzene rings is 1. The summed E-state index contributed by atoms with van der Waals surface area (Å²) in [5.74, 6) is 0.803. The zero-order valence-corrected chi connectivity index (χ0v) is 20.2. The number of rotatable bonds is 5. The van der Waals surface area contributed by atoms with Gasteiger partial charge in [-0.2, -0.15) is 0 Å². The normalized spacial score (nSPS) is 31.5. The predicted molar refractivity (Wildman–Crippen MR) is 127 cm³/mol. The van der Waals surface area contributed by atoms with Gasteiger partial charge in [-0.3, -0.25) is 9.88 Å². The van der Waals surface area contributed by atoms with Crippen molar-refractivity contribution in [1.82, 2.24) is 24.9 Å². The van der Waals surface area contributed by atoms with E-state index in [0.717, 1.165) is 66.9 Å². The van der Waals surface area contributed by atoms with Gasteiger partial charge < -0.3 is 19.3 Å². The SMILES string of the molecule is CC(Oc1ccc2ncc3c(c2c1)CCOC3)c1cn(C23CN4C(C(C)O)COCC4(C2)C3)nn1. The van der Waals surface area contributed by atoms with Gasteiger partial charge in [-0.1, -0.05) is 5.21 Å². The van der Waals surface area contributed by atoms with Crippen LogP contribution in [0.5, 0.6) is 5.75 Å². The molecule has 9 heteroatoms. The Hall–Kier alpha value is -2.59. The largest absolute Gasteiger partial charge is 0.484 e. The highest BCUT2D eigenvalue weighted by Gasteiger charge is 2.69. The maximum absolute atomic E-state index is 10.3. The fraction of sp³-hybridized carbons (Fsp3) is 0.577. The molecule has 1 saturated carbocycles. The smallest absolute Gasteiger partial charge is 0.141 e.